The number of imidazole rings is 1. The minimum atomic E-state index is -0.877. The van der Waals surface area contributed by atoms with Crippen LogP contribution in [-0.2, 0) is 19.5 Å². The number of nitrogens with zero attached hydrogens (tertiary/aromatic N) is 3. The highest BCUT2D eigenvalue weighted by atomic mass is 35.5. The third kappa shape index (κ3) is 7.02. The van der Waals surface area contributed by atoms with Crippen molar-refractivity contribution in [3.63, 3.8) is 0 Å². The fourth-order valence-electron chi connectivity index (χ4n) is 4.94. The predicted molar refractivity (Wildman–Crippen MR) is 144 cm³/mol. The molecule has 36 heavy (non-hydrogen) atoms. The number of piperidine rings is 1. The van der Waals surface area contributed by atoms with Gasteiger partial charge in [0.25, 0.3) is 0 Å². The zero-order valence-electron chi connectivity index (χ0n) is 21.7. The lowest BCUT2D eigenvalue weighted by Gasteiger charge is -2.39. The van der Waals surface area contributed by atoms with Gasteiger partial charge in [-0.25, -0.2) is 4.98 Å². The van der Waals surface area contributed by atoms with Gasteiger partial charge in [0.05, 0.1) is 6.61 Å². The fourth-order valence-corrected chi connectivity index (χ4v) is 5.05. The first-order valence-corrected chi connectivity index (χ1v) is 13.3. The topological polar surface area (TPSA) is 59.8 Å². The summed E-state index contributed by atoms with van der Waals surface area (Å²) in [6.45, 7) is 10.2. The zero-order valence-corrected chi connectivity index (χ0v) is 22.4. The van der Waals surface area contributed by atoms with Crippen molar-refractivity contribution in [2.45, 2.75) is 65.1 Å². The lowest BCUT2D eigenvalue weighted by Crippen LogP contribution is -2.51. The Hall–Kier alpha value is -2.54. The smallest absolute Gasteiger partial charge is 0.120 e. The van der Waals surface area contributed by atoms with Gasteiger partial charge in [-0.15, -0.1) is 0 Å². The molecule has 4 rings (SSSR count). The number of halogens is 1. The lowest BCUT2D eigenvalue weighted by molar-refractivity contribution is -0.0621. The van der Waals surface area contributed by atoms with Crippen LogP contribution < -0.4 is 9.47 Å². The highest BCUT2D eigenvalue weighted by Crippen LogP contribution is 2.28. The van der Waals surface area contributed by atoms with E-state index in [0.29, 0.717) is 13.2 Å². The van der Waals surface area contributed by atoms with E-state index in [2.05, 4.69) is 33.5 Å². The number of aliphatic hydroxyl groups is 1. The summed E-state index contributed by atoms with van der Waals surface area (Å²) in [5, 5.41) is 12.0. The summed E-state index contributed by atoms with van der Waals surface area (Å²) in [6.07, 6.45) is 7.42. The van der Waals surface area contributed by atoms with Crippen molar-refractivity contribution in [1.82, 2.24) is 14.5 Å². The van der Waals surface area contributed by atoms with Gasteiger partial charge >= 0.3 is 0 Å². The minimum Gasteiger partial charge on any atom is -0.494 e. The molecule has 194 valence electrons. The van der Waals surface area contributed by atoms with E-state index < -0.39 is 5.60 Å². The van der Waals surface area contributed by atoms with Crippen molar-refractivity contribution in [1.29, 1.82) is 0 Å². The van der Waals surface area contributed by atoms with Gasteiger partial charge in [-0.05, 0) is 80.6 Å². The van der Waals surface area contributed by atoms with E-state index in [1.807, 2.05) is 50.5 Å². The van der Waals surface area contributed by atoms with E-state index in [9.17, 15) is 5.11 Å². The Morgan fingerprint density at radius 3 is 2.69 bits per heavy atom. The van der Waals surface area contributed by atoms with Gasteiger partial charge in [-0.1, -0.05) is 30.7 Å². The standard InChI is InChI=1S/C29H38ClN3O3/c1-4-27-31-11-14-33(27)13-7-15-35-25-9-5-8-24(18-25)19-32-12-6-10-29(34,20-32)21-36-26-16-22(2)28(30)23(3)17-26/h5,8-9,11,14,16-18,34H,4,6-7,10,12-13,15,19-21H2,1-3H3. The van der Waals surface area contributed by atoms with Crippen LogP contribution in [0, 0.1) is 13.8 Å². The Labute approximate surface area is 219 Å². The molecular weight excluding hydrogens is 474 g/mol. The first-order chi connectivity index (χ1) is 17.3. The molecule has 0 spiro atoms. The Kier molecular flexibility index (Phi) is 8.94. The van der Waals surface area contributed by atoms with Gasteiger partial charge in [0, 0.05) is 43.5 Å². The first-order valence-electron chi connectivity index (χ1n) is 12.9. The van der Waals surface area contributed by atoms with Gasteiger partial charge in [0.15, 0.2) is 0 Å². The normalized spacial score (nSPS) is 18.4. The lowest BCUT2D eigenvalue weighted by atomic mass is 9.93. The van der Waals surface area contributed by atoms with Gasteiger partial charge in [0.2, 0.25) is 0 Å². The van der Waals surface area contributed by atoms with Crippen LogP contribution in [0.15, 0.2) is 48.8 Å². The third-order valence-corrected chi connectivity index (χ3v) is 7.38. The maximum atomic E-state index is 11.3. The Balaban J connectivity index is 1.27. The summed E-state index contributed by atoms with van der Waals surface area (Å²) in [4.78, 5) is 6.67. The van der Waals surface area contributed by atoms with E-state index in [0.717, 1.165) is 78.8 Å². The van der Waals surface area contributed by atoms with E-state index in [-0.39, 0.29) is 6.61 Å². The van der Waals surface area contributed by atoms with E-state index in [1.165, 1.54) is 5.56 Å². The molecule has 1 aliphatic heterocycles. The molecule has 2 aromatic carbocycles. The first kappa shape index (κ1) is 26.5. The van der Waals surface area contributed by atoms with Crippen LogP contribution in [-0.4, -0.2) is 51.5 Å². The molecule has 1 aromatic heterocycles. The molecule has 0 radical (unpaired) electrons. The number of likely N-dealkylation sites (tertiary alicyclic amines) is 1. The molecule has 0 saturated carbocycles. The Morgan fingerprint density at radius 2 is 1.92 bits per heavy atom. The quantitative estimate of drug-likeness (QED) is 0.340. The van der Waals surface area contributed by atoms with E-state index >= 15 is 0 Å². The predicted octanol–water partition coefficient (Wildman–Crippen LogP) is 5.59. The van der Waals surface area contributed by atoms with Gasteiger partial charge in [-0.2, -0.15) is 0 Å². The van der Waals surface area contributed by atoms with Crippen molar-refractivity contribution < 1.29 is 14.6 Å². The molecule has 1 unspecified atom stereocenters. The van der Waals surface area contributed by atoms with E-state index in [4.69, 9.17) is 21.1 Å². The van der Waals surface area contributed by atoms with Crippen LogP contribution in [0.2, 0.25) is 5.02 Å². The summed E-state index contributed by atoms with van der Waals surface area (Å²) in [5.41, 5.74) is 2.28. The Morgan fingerprint density at radius 1 is 1.11 bits per heavy atom. The van der Waals surface area contributed by atoms with Gasteiger partial charge in [0.1, 0.15) is 29.5 Å². The minimum absolute atomic E-state index is 0.268. The molecule has 1 fully saturated rings. The van der Waals surface area contributed by atoms with Crippen molar-refractivity contribution >= 4 is 11.6 Å². The number of ether oxygens (including phenoxy) is 2. The van der Waals surface area contributed by atoms with Crippen LogP contribution in [0.4, 0.5) is 0 Å². The molecule has 3 aromatic rings. The average molecular weight is 512 g/mol. The summed E-state index contributed by atoms with van der Waals surface area (Å²) in [6, 6.07) is 12.1. The Bertz CT molecular complexity index is 1130. The second-order valence-electron chi connectivity index (χ2n) is 9.94. The summed E-state index contributed by atoms with van der Waals surface area (Å²) in [5.74, 6) is 2.75. The molecule has 2 heterocycles. The number of hydrogen-bond acceptors (Lipinski definition) is 5. The SMILES string of the molecule is CCc1nccn1CCCOc1cccc(CN2CCCC(O)(COc3cc(C)c(Cl)c(C)c3)C2)c1. The summed E-state index contributed by atoms with van der Waals surface area (Å²) < 4.78 is 14.2. The molecule has 1 N–H and O–H groups in total. The largest absolute Gasteiger partial charge is 0.494 e. The molecule has 0 aliphatic carbocycles. The number of aryl methyl sites for hydroxylation is 4. The monoisotopic (exact) mass is 511 g/mol. The molecular formula is C29H38ClN3O3. The van der Waals surface area contributed by atoms with Crippen LogP contribution in [0.1, 0.15) is 48.7 Å². The summed E-state index contributed by atoms with van der Waals surface area (Å²) in [7, 11) is 0. The molecule has 1 aliphatic rings. The van der Waals surface area contributed by atoms with Crippen molar-refractivity contribution in [2.24, 2.45) is 0 Å². The zero-order chi connectivity index (χ0) is 25.5. The molecule has 6 nitrogen and oxygen atoms in total. The number of rotatable bonds is 11. The van der Waals surface area contributed by atoms with Crippen molar-refractivity contribution in [3.8, 4) is 11.5 Å². The second kappa shape index (κ2) is 12.1. The number of β-amino-alcohol motifs (C(OH)–C–C–N with tert-alkyl or cyclic N) is 1. The third-order valence-electron chi connectivity index (χ3n) is 6.79. The molecule has 1 saturated heterocycles. The number of aromatic nitrogens is 2. The molecule has 7 heteroatoms. The molecule has 0 bridgehead atoms. The molecule has 1 atom stereocenters. The van der Waals surface area contributed by atoms with Crippen molar-refractivity contribution in [2.75, 3.05) is 26.3 Å². The molecule has 0 amide bonds. The second-order valence-corrected chi connectivity index (χ2v) is 10.3. The van der Waals surface area contributed by atoms with Crippen LogP contribution in [0.5, 0.6) is 11.5 Å². The van der Waals surface area contributed by atoms with E-state index in [1.54, 1.807) is 0 Å². The number of hydrogen-bond donors (Lipinski definition) is 1. The average Bonchev–Trinajstić information content (AvgIpc) is 3.32. The number of benzene rings is 2. The summed E-state index contributed by atoms with van der Waals surface area (Å²) >= 11 is 6.28. The maximum absolute atomic E-state index is 11.3. The van der Waals surface area contributed by atoms with Crippen LogP contribution in [0.25, 0.3) is 0 Å². The highest BCUT2D eigenvalue weighted by molar-refractivity contribution is 6.32. The van der Waals surface area contributed by atoms with Crippen LogP contribution >= 0.6 is 11.6 Å². The van der Waals surface area contributed by atoms with Gasteiger partial charge in [-0.3, -0.25) is 4.90 Å². The van der Waals surface area contributed by atoms with Crippen molar-refractivity contribution in [3.05, 3.63) is 76.3 Å². The highest BCUT2D eigenvalue weighted by Gasteiger charge is 2.34. The fraction of sp³-hybridized carbons (Fsp3) is 0.483. The maximum Gasteiger partial charge on any atom is 0.120 e. The van der Waals surface area contributed by atoms with Gasteiger partial charge < -0.3 is 19.1 Å². The van der Waals surface area contributed by atoms with Crippen LogP contribution in [0.3, 0.4) is 0 Å².